The molecule has 0 saturated carbocycles. The second-order valence-electron chi connectivity index (χ2n) is 10.4. The number of ether oxygens (including phenoxy) is 2. The first-order valence-electron chi connectivity index (χ1n) is 13.5. The van der Waals surface area contributed by atoms with Crippen LogP contribution in [0.3, 0.4) is 0 Å². The summed E-state index contributed by atoms with van der Waals surface area (Å²) in [5.74, 6) is 1.91. The van der Waals surface area contributed by atoms with Gasteiger partial charge in [-0.2, -0.15) is 0 Å². The molecule has 0 aliphatic carbocycles. The van der Waals surface area contributed by atoms with Crippen LogP contribution in [-0.4, -0.2) is 42.3 Å². The van der Waals surface area contributed by atoms with E-state index in [2.05, 4.69) is 42.7 Å². The number of amides is 1. The quantitative estimate of drug-likeness (QED) is 0.355. The Balaban J connectivity index is 1.65. The zero-order valence-corrected chi connectivity index (χ0v) is 22.3. The van der Waals surface area contributed by atoms with Crippen LogP contribution in [0.5, 0.6) is 5.75 Å². The molecular weight excluding hydrogens is 450 g/mol. The summed E-state index contributed by atoms with van der Waals surface area (Å²) in [5.41, 5.74) is 4.33. The van der Waals surface area contributed by atoms with Gasteiger partial charge in [0.25, 0.3) is 0 Å². The Bertz CT molecular complexity index is 1130. The van der Waals surface area contributed by atoms with Crippen molar-refractivity contribution in [1.29, 1.82) is 0 Å². The first-order chi connectivity index (χ1) is 17.4. The van der Waals surface area contributed by atoms with Crippen LogP contribution >= 0.6 is 0 Å². The smallest absolute Gasteiger partial charge is 0.227 e. The molecule has 1 unspecified atom stereocenters. The first kappa shape index (κ1) is 26.2. The highest BCUT2D eigenvalue weighted by Gasteiger charge is 2.19. The standard InChI is InChI=1S/C30H41N3O3/c1-5-36-28-11-9-23(10-12-28)17-26-18-25-19-27(32(4)29(34)16-22(2)3)20-31-30(25)33(26)21-24-8-6-7-14-35-15-13-24/h9-12,18-20,22,24H,5-8,13-17,21H2,1-4H3. The van der Waals surface area contributed by atoms with Gasteiger partial charge in [-0.15, -0.1) is 0 Å². The third-order valence-electron chi connectivity index (χ3n) is 7.03. The molecule has 0 spiro atoms. The average Bonchev–Trinajstić information content (AvgIpc) is 3.17. The maximum Gasteiger partial charge on any atom is 0.227 e. The molecule has 4 rings (SSSR count). The van der Waals surface area contributed by atoms with Crippen LogP contribution in [0.2, 0.25) is 0 Å². The number of aromatic nitrogens is 2. The molecule has 0 bridgehead atoms. The van der Waals surface area contributed by atoms with E-state index in [1.165, 1.54) is 24.1 Å². The molecule has 1 saturated heterocycles. The lowest BCUT2D eigenvalue weighted by atomic mass is 9.97. The van der Waals surface area contributed by atoms with Crippen LogP contribution in [0, 0.1) is 11.8 Å². The third kappa shape index (κ3) is 6.67. The van der Waals surface area contributed by atoms with Crippen molar-refractivity contribution in [2.24, 2.45) is 11.8 Å². The van der Waals surface area contributed by atoms with Crippen LogP contribution in [0.25, 0.3) is 11.0 Å². The van der Waals surface area contributed by atoms with Crippen molar-refractivity contribution in [1.82, 2.24) is 9.55 Å². The monoisotopic (exact) mass is 491 g/mol. The number of carbonyl (C=O) groups excluding carboxylic acids is 1. The fourth-order valence-electron chi connectivity index (χ4n) is 5.01. The van der Waals surface area contributed by atoms with E-state index in [9.17, 15) is 4.79 Å². The van der Waals surface area contributed by atoms with Crippen LogP contribution in [0.1, 0.15) is 64.1 Å². The van der Waals surface area contributed by atoms with E-state index in [-0.39, 0.29) is 5.91 Å². The van der Waals surface area contributed by atoms with Gasteiger partial charge in [0.15, 0.2) is 0 Å². The molecule has 3 aromatic rings. The summed E-state index contributed by atoms with van der Waals surface area (Å²) in [6.07, 6.45) is 7.84. The Kier molecular flexibility index (Phi) is 9.03. The van der Waals surface area contributed by atoms with E-state index >= 15 is 0 Å². The number of benzene rings is 1. The van der Waals surface area contributed by atoms with Gasteiger partial charge in [0.05, 0.1) is 18.5 Å². The van der Waals surface area contributed by atoms with Gasteiger partial charge in [0.1, 0.15) is 11.4 Å². The maximum absolute atomic E-state index is 12.7. The normalized spacial score (nSPS) is 16.6. The number of hydrogen-bond acceptors (Lipinski definition) is 4. The van der Waals surface area contributed by atoms with E-state index in [0.29, 0.717) is 24.9 Å². The summed E-state index contributed by atoms with van der Waals surface area (Å²) in [5, 5.41) is 1.08. The van der Waals surface area contributed by atoms with Crippen LogP contribution in [0.4, 0.5) is 5.69 Å². The number of hydrogen-bond donors (Lipinski definition) is 0. The summed E-state index contributed by atoms with van der Waals surface area (Å²) in [4.78, 5) is 19.3. The Morgan fingerprint density at radius 1 is 1.17 bits per heavy atom. The lowest BCUT2D eigenvalue weighted by Gasteiger charge is -2.22. The van der Waals surface area contributed by atoms with Crippen molar-refractivity contribution >= 4 is 22.6 Å². The Morgan fingerprint density at radius 2 is 1.97 bits per heavy atom. The highest BCUT2D eigenvalue weighted by atomic mass is 16.5. The number of anilines is 1. The van der Waals surface area contributed by atoms with Crippen molar-refractivity contribution in [3.05, 3.63) is 53.9 Å². The molecule has 1 aliphatic heterocycles. The SMILES string of the molecule is CCOc1ccc(Cc2cc3cc(N(C)C(=O)CC(C)C)cnc3n2CC2CCCCOCC2)cc1. The zero-order valence-electron chi connectivity index (χ0n) is 22.3. The van der Waals surface area contributed by atoms with Crippen LogP contribution in [0.15, 0.2) is 42.6 Å². The van der Waals surface area contributed by atoms with Gasteiger partial charge in [-0.1, -0.05) is 32.4 Å². The van der Waals surface area contributed by atoms with Crippen molar-refractivity contribution in [2.75, 3.05) is 31.8 Å². The largest absolute Gasteiger partial charge is 0.494 e. The molecule has 1 aliphatic rings. The zero-order chi connectivity index (χ0) is 25.5. The summed E-state index contributed by atoms with van der Waals surface area (Å²) in [7, 11) is 1.85. The van der Waals surface area contributed by atoms with E-state index in [4.69, 9.17) is 14.5 Å². The number of rotatable bonds is 9. The number of carbonyl (C=O) groups is 1. The number of nitrogens with zero attached hydrogens (tertiary/aromatic N) is 3. The molecular formula is C30H41N3O3. The lowest BCUT2D eigenvalue weighted by Crippen LogP contribution is -2.27. The van der Waals surface area contributed by atoms with Crippen molar-refractivity contribution in [3.63, 3.8) is 0 Å². The fraction of sp³-hybridized carbons (Fsp3) is 0.533. The van der Waals surface area contributed by atoms with Gasteiger partial charge in [0.2, 0.25) is 5.91 Å². The van der Waals surface area contributed by atoms with E-state index < -0.39 is 0 Å². The molecule has 36 heavy (non-hydrogen) atoms. The molecule has 0 radical (unpaired) electrons. The molecule has 6 nitrogen and oxygen atoms in total. The molecule has 3 heterocycles. The predicted octanol–water partition coefficient (Wildman–Crippen LogP) is 6.24. The molecule has 0 N–H and O–H groups in total. The lowest BCUT2D eigenvalue weighted by molar-refractivity contribution is -0.119. The second-order valence-corrected chi connectivity index (χ2v) is 10.4. The third-order valence-corrected chi connectivity index (χ3v) is 7.03. The number of pyridine rings is 1. The van der Waals surface area contributed by atoms with Gasteiger partial charge < -0.3 is 18.9 Å². The van der Waals surface area contributed by atoms with Gasteiger partial charge in [-0.3, -0.25) is 4.79 Å². The molecule has 1 aromatic carbocycles. The van der Waals surface area contributed by atoms with Crippen molar-refractivity contribution in [2.45, 2.75) is 65.8 Å². The van der Waals surface area contributed by atoms with Gasteiger partial charge >= 0.3 is 0 Å². The summed E-state index contributed by atoms with van der Waals surface area (Å²) < 4.78 is 13.8. The highest BCUT2D eigenvalue weighted by Crippen LogP contribution is 2.28. The van der Waals surface area contributed by atoms with E-state index in [1.54, 1.807) is 4.90 Å². The minimum absolute atomic E-state index is 0.120. The first-order valence-corrected chi connectivity index (χ1v) is 13.5. The highest BCUT2D eigenvalue weighted by molar-refractivity contribution is 5.94. The Hall–Kier alpha value is -2.86. The summed E-state index contributed by atoms with van der Waals surface area (Å²) >= 11 is 0. The minimum Gasteiger partial charge on any atom is -0.494 e. The van der Waals surface area contributed by atoms with Gasteiger partial charge in [0, 0.05) is 50.7 Å². The van der Waals surface area contributed by atoms with Gasteiger partial charge in [-0.05, 0) is 67.9 Å². The molecule has 1 fully saturated rings. The van der Waals surface area contributed by atoms with E-state index in [1.807, 2.05) is 32.3 Å². The van der Waals surface area contributed by atoms with Gasteiger partial charge in [-0.25, -0.2) is 4.98 Å². The summed E-state index contributed by atoms with van der Waals surface area (Å²) in [6.45, 7) is 9.46. The molecule has 194 valence electrons. The number of fused-ring (bicyclic) bond motifs is 1. The molecule has 2 aromatic heterocycles. The maximum atomic E-state index is 12.7. The van der Waals surface area contributed by atoms with Crippen LogP contribution < -0.4 is 9.64 Å². The predicted molar refractivity (Wildman–Crippen MR) is 146 cm³/mol. The second kappa shape index (κ2) is 12.4. The summed E-state index contributed by atoms with van der Waals surface area (Å²) in [6, 6.07) is 12.7. The van der Waals surface area contributed by atoms with Crippen molar-refractivity contribution < 1.29 is 14.3 Å². The van der Waals surface area contributed by atoms with E-state index in [0.717, 1.165) is 61.5 Å². The molecule has 1 amide bonds. The van der Waals surface area contributed by atoms with Crippen LogP contribution in [-0.2, 0) is 22.5 Å². The molecule has 1 atom stereocenters. The minimum atomic E-state index is 0.120. The average molecular weight is 492 g/mol. The Morgan fingerprint density at radius 3 is 2.72 bits per heavy atom. The fourth-order valence-corrected chi connectivity index (χ4v) is 5.01. The molecule has 6 heteroatoms. The topological polar surface area (TPSA) is 56.6 Å². The van der Waals surface area contributed by atoms with Crippen molar-refractivity contribution in [3.8, 4) is 5.75 Å². The Labute approximate surface area is 215 Å².